The molecule has 0 spiro atoms. The molecule has 0 saturated carbocycles. The average molecular weight is 330 g/mol. The predicted molar refractivity (Wildman–Crippen MR) is 78.5 cm³/mol. The molecule has 0 fully saturated rings. The highest BCUT2D eigenvalue weighted by atomic mass is 32.2. The van der Waals surface area contributed by atoms with Crippen molar-refractivity contribution >= 4 is 31.2 Å². The molecule has 2 rings (SSSR count). The minimum absolute atomic E-state index is 0.0749. The van der Waals surface area contributed by atoms with E-state index in [9.17, 15) is 16.8 Å². The summed E-state index contributed by atoms with van der Waals surface area (Å²) in [6.45, 7) is 0. The molecule has 114 valence electrons. The molecule has 1 aromatic carbocycles. The van der Waals surface area contributed by atoms with E-state index in [2.05, 4.69) is 20.2 Å². The molecule has 2 aromatic rings. The van der Waals surface area contributed by atoms with Crippen LogP contribution in [0.15, 0.2) is 40.4 Å². The third kappa shape index (κ3) is 3.34. The molecule has 0 radical (unpaired) electrons. The number of H-pyrrole nitrogens is 1. The van der Waals surface area contributed by atoms with E-state index < -0.39 is 19.9 Å². The first-order chi connectivity index (χ1) is 9.74. The number of sulfonamides is 1. The zero-order chi connectivity index (χ0) is 15.7. The van der Waals surface area contributed by atoms with Crippen molar-refractivity contribution in [1.29, 1.82) is 0 Å². The third-order valence-corrected chi connectivity index (χ3v) is 5.22. The van der Waals surface area contributed by atoms with Gasteiger partial charge in [-0.15, -0.1) is 0 Å². The summed E-state index contributed by atoms with van der Waals surface area (Å²) in [6.07, 6.45) is 3.69. The van der Waals surface area contributed by atoms with Crippen LogP contribution in [0.1, 0.15) is 0 Å². The van der Waals surface area contributed by atoms with E-state index in [0.29, 0.717) is 5.69 Å². The maximum Gasteiger partial charge on any atom is 0.264 e. The van der Waals surface area contributed by atoms with E-state index in [1.165, 1.54) is 24.5 Å². The number of anilines is 2. The summed E-state index contributed by atoms with van der Waals surface area (Å²) < 4.78 is 50.2. The second-order valence-electron chi connectivity index (χ2n) is 4.27. The molecule has 3 N–H and O–H groups in total. The molecule has 1 heterocycles. The van der Waals surface area contributed by atoms with E-state index >= 15 is 0 Å². The van der Waals surface area contributed by atoms with Crippen LogP contribution in [0.3, 0.4) is 0 Å². The first-order valence-electron chi connectivity index (χ1n) is 5.77. The van der Waals surface area contributed by atoms with Crippen LogP contribution in [0.5, 0.6) is 0 Å². The minimum atomic E-state index is -3.95. The van der Waals surface area contributed by atoms with Gasteiger partial charge >= 0.3 is 0 Å². The third-order valence-electron chi connectivity index (χ3n) is 2.69. The molecule has 0 aliphatic carbocycles. The first kappa shape index (κ1) is 15.3. The fourth-order valence-electron chi connectivity index (χ4n) is 1.68. The second kappa shape index (κ2) is 5.37. The lowest BCUT2D eigenvalue weighted by Gasteiger charge is -2.12. The molecule has 8 nitrogen and oxygen atoms in total. The number of aromatic amines is 1. The molecule has 0 unspecified atom stereocenters. The van der Waals surface area contributed by atoms with Crippen molar-refractivity contribution in [2.75, 3.05) is 23.3 Å². The van der Waals surface area contributed by atoms with Crippen LogP contribution >= 0.6 is 0 Å². The summed E-state index contributed by atoms with van der Waals surface area (Å²) in [6, 6.07) is 3.86. The summed E-state index contributed by atoms with van der Waals surface area (Å²) >= 11 is 0. The molecule has 10 heteroatoms. The molecule has 0 saturated heterocycles. The van der Waals surface area contributed by atoms with Crippen LogP contribution in [-0.4, -0.2) is 40.3 Å². The molecular formula is C11H14N4O4S2. The van der Waals surface area contributed by atoms with Gasteiger partial charge in [-0.05, 0) is 18.2 Å². The lowest BCUT2D eigenvalue weighted by molar-refractivity contribution is 0.600. The highest BCUT2D eigenvalue weighted by Gasteiger charge is 2.21. The van der Waals surface area contributed by atoms with Gasteiger partial charge in [-0.25, -0.2) is 16.8 Å². The average Bonchev–Trinajstić information content (AvgIpc) is 2.89. The molecular weight excluding hydrogens is 316 g/mol. The molecule has 21 heavy (non-hydrogen) atoms. The molecule has 0 atom stereocenters. The van der Waals surface area contributed by atoms with Crippen LogP contribution in [0.4, 0.5) is 11.4 Å². The maximum atomic E-state index is 12.4. The Kier molecular flexibility index (Phi) is 3.92. The van der Waals surface area contributed by atoms with Crippen molar-refractivity contribution < 1.29 is 16.8 Å². The summed E-state index contributed by atoms with van der Waals surface area (Å²) in [7, 11) is -5.91. The van der Waals surface area contributed by atoms with Crippen molar-refractivity contribution in [3.05, 3.63) is 30.6 Å². The Labute approximate surface area is 122 Å². The van der Waals surface area contributed by atoms with Gasteiger partial charge in [-0.1, -0.05) is 0 Å². The van der Waals surface area contributed by atoms with Crippen LogP contribution in [-0.2, 0) is 19.9 Å². The van der Waals surface area contributed by atoms with E-state index in [1.807, 2.05) is 0 Å². The smallest absolute Gasteiger partial charge is 0.264 e. The van der Waals surface area contributed by atoms with Crippen molar-refractivity contribution in [3.8, 4) is 0 Å². The Balaban J connectivity index is 2.55. The molecule has 0 aliphatic heterocycles. The summed E-state index contributed by atoms with van der Waals surface area (Å²) in [4.78, 5) is -0.233. The molecule has 1 aromatic heterocycles. The number of nitrogens with one attached hydrogen (secondary N) is 3. The Morgan fingerprint density at radius 3 is 2.43 bits per heavy atom. The van der Waals surface area contributed by atoms with E-state index in [4.69, 9.17) is 0 Å². The number of hydrogen-bond acceptors (Lipinski definition) is 6. The van der Waals surface area contributed by atoms with Crippen LogP contribution < -0.4 is 10.0 Å². The van der Waals surface area contributed by atoms with Gasteiger partial charge in [0.2, 0.25) is 0 Å². The van der Waals surface area contributed by atoms with Crippen molar-refractivity contribution in [1.82, 2.24) is 10.2 Å². The van der Waals surface area contributed by atoms with Crippen molar-refractivity contribution in [2.45, 2.75) is 9.79 Å². The zero-order valence-corrected chi connectivity index (χ0v) is 12.9. The topological polar surface area (TPSA) is 121 Å². The van der Waals surface area contributed by atoms with Gasteiger partial charge in [0.1, 0.15) is 4.90 Å². The van der Waals surface area contributed by atoms with E-state index in [0.717, 1.165) is 12.3 Å². The Hall–Kier alpha value is -2.07. The number of rotatable bonds is 5. The van der Waals surface area contributed by atoms with Gasteiger partial charge < -0.3 is 5.32 Å². The Bertz CT molecular complexity index is 842. The lowest BCUT2D eigenvalue weighted by Crippen LogP contribution is -2.15. The number of benzene rings is 1. The number of sulfone groups is 1. The fraction of sp³-hybridized carbons (Fsp3) is 0.182. The predicted octanol–water partition coefficient (Wildman–Crippen LogP) is 0.656. The number of nitrogens with zero attached hydrogens (tertiary/aromatic N) is 1. The molecule has 0 bridgehead atoms. The van der Waals surface area contributed by atoms with Gasteiger partial charge in [-0.3, -0.25) is 9.82 Å². The number of hydrogen-bond donors (Lipinski definition) is 3. The normalized spacial score (nSPS) is 12.1. The quantitative estimate of drug-likeness (QED) is 0.740. The van der Waals surface area contributed by atoms with Gasteiger partial charge in [0.15, 0.2) is 9.84 Å². The van der Waals surface area contributed by atoms with Crippen molar-refractivity contribution in [2.24, 2.45) is 0 Å². The first-order valence-corrected chi connectivity index (χ1v) is 9.15. The molecule has 0 amide bonds. The van der Waals surface area contributed by atoms with Gasteiger partial charge in [0.25, 0.3) is 10.0 Å². The largest absolute Gasteiger partial charge is 0.387 e. The van der Waals surface area contributed by atoms with E-state index in [1.54, 1.807) is 7.05 Å². The Morgan fingerprint density at radius 1 is 1.19 bits per heavy atom. The highest BCUT2D eigenvalue weighted by molar-refractivity contribution is 7.93. The minimum Gasteiger partial charge on any atom is -0.387 e. The molecule has 0 aliphatic rings. The lowest BCUT2D eigenvalue weighted by atomic mass is 10.3. The standard InChI is InChI=1S/C11H14N4O4S2/c1-12-10-4-3-9(20(2,16)17)5-11(10)21(18,19)15-8-6-13-14-7-8/h3-7,12,15H,1-2H3,(H,13,14). The van der Waals surface area contributed by atoms with Crippen molar-refractivity contribution in [3.63, 3.8) is 0 Å². The number of aromatic nitrogens is 2. The maximum absolute atomic E-state index is 12.4. The SMILES string of the molecule is CNc1ccc(S(C)(=O)=O)cc1S(=O)(=O)Nc1cn[nH]c1. The van der Waals surface area contributed by atoms with Gasteiger partial charge in [0, 0.05) is 19.5 Å². The second-order valence-corrected chi connectivity index (χ2v) is 7.94. The van der Waals surface area contributed by atoms with Gasteiger partial charge in [-0.2, -0.15) is 5.10 Å². The van der Waals surface area contributed by atoms with Crippen LogP contribution in [0.25, 0.3) is 0 Å². The van der Waals surface area contributed by atoms with Crippen LogP contribution in [0.2, 0.25) is 0 Å². The van der Waals surface area contributed by atoms with Crippen LogP contribution in [0, 0.1) is 0 Å². The fourth-order valence-corrected chi connectivity index (χ4v) is 3.67. The highest BCUT2D eigenvalue weighted by Crippen LogP contribution is 2.26. The van der Waals surface area contributed by atoms with Gasteiger partial charge in [0.05, 0.1) is 22.5 Å². The summed E-state index contributed by atoms with van der Waals surface area (Å²) in [5.41, 5.74) is 0.542. The summed E-state index contributed by atoms with van der Waals surface area (Å²) in [5.74, 6) is 0. The Morgan fingerprint density at radius 2 is 1.90 bits per heavy atom. The zero-order valence-electron chi connectivity index (χ0n) is 11.3. The monoisotopic (exact) mass is 330 g/mol. The van der Waals surface area contributed by atoms with E-state index in [-0.39, 0.29) is 15.5 Å². The summed E-state index contributed by atoms with van der Waals surface area (Å²) in [5, 5.41) is 8.84.